The summed E-state index contributed by atoms with van der Waals surface area (Å²) in [5, 5.41) is 0. The Morgan fingerprint density at radius 1 is 1.11 bits per heavy atom. The van der Waals surface area contributed by atoms with Crippen LogP contribution in [0.1, 0.15) is 43.9 Å². The number of likely N-dealkylation sites (N-methyl/N-ethyl adjacent to an activating group) is 1. The van der Waals surface area contributed by atoms with E-state index in [9.17, 15) is 0 Å². The molecule has 0 amide bonds. The van der Waals surface area contributed by atoms with Crippen molar-refractivity contribution < 1.29 is 0 Å². The van der Waals surface area contributed by atoms with Crippen molar-refractivity contribution in [2.45, 2.75) is 45.7 Å². The molecule has 0 bridgehead atoms. The Kier molecular flexibility index (Phi) is 5.00. The molecule has 0 radical (unpaired) electrons. The van der Waals surface area contributed by atoms with Crippen LogP contribution in [0.5, 0.6) is 0 Å². The van der Waals surface area contributed by atoms with Gasteiger partial charge in [0.05, 0.1) is 0 Å². The van der Waals surface area contributed by atoms with Crippen LogP contribution in [0.25, 0.3) is 0 Å². The fourth-order valence-corrected chi connectivity index (χ4v) is 2.93. The highest BCUT2D eigenvalue weighted by atomic mass is 15.2. The van der Waals surface area contributed by atoms with Crippen molar-refractivity contribution in [3.05, 3.63) is 35.4 Å². The zero-order valence-electron chi connectivity index (χ0n) is 12.9. The first-order valence-corrected chi connectivity index (χ1v) is 7.59. The van der Waals surface area contributed by atoms with Gasteiger partial charge in [-0.1, -0.05) is 29.8 Å². The van der Waals surface area contributed by atoms with Crippen molar-refractivity contribution >= 4 is 0 Å². The quantitative estimate of drug-likeness (QED) is 0.800. The molecule has 1 aromatic rings. The minimum absolute atomic E-state index is 0.484. The standard InChI is InChI=1S/C17H28N2/c1-14-7-9-17(10-8-14)16(3)18(4)15(2)13-19-11-5-6-12-19/h7-10,15-16H,5-6,11-13H2,1-4H3. The monoisotopic (exact) mass is 260 g/mol. The third-order valence-electron chi connectivity index (χ3n) is 4.59. The second kappa shape index (κ2) is 6.53. The maximum Gasteiger partial charge on any atom is 0.0320 e. The molecule has 19 heavy (non-hydrogen) atoms. The molecule has 2 unspecified atom stereocenters. The van der Waals surface area contributed by atoms with Crippen LogP contribution in [0.3, 0.4) is 0 Å². The molecule has 1 fully saturated rings. The molecule has 0 spiro atoms. The molecule has 0 aliphatic carbocycles. The van der Waals surface area contributed by atoms with Gasteiger partial charge in [-0.3, -0.25) is 4.90 Å². The molecule has 2 nitrogen and oxygen atoms in total. The Morgan fingerprint density at radius 3 is 2.26 bits per heavy atom. The van der Waals surface area contributed by atoms with Crippen LogP contribution >= 0.6 is 0 Å². The molecule has 1 aromatic carbocycles. The largest absolute Gasteiger partial charge is 0.302 e. The van der Waals surface area contributed by atoms with E-state index in [4.69, 9.17) is 0 Å². The maximum absolute atomic E-state index is 2.60. The van der Waals surface area contributed by atoms with Crippen molar-refractivity contribution in [1.82, 2.24) is 9.80 Å². The number of aryl methyl sites for hydroxylation is 1. The average Bonchev–Trinajstić information content (AvgIpc) is 2.90. The van der Waals surface area contributed by atoms with Gasteiger partial charge in [0.1, 0.15) is 0 Å². The van der Waals surface area contributed by atoms with Crippen molar-refractivity contribution in [3.8, 4) is 0 Å². The molecule has 2 atom stereocenters. The van der Waals surface area contributed by atoms with Gasteiger partial charge in [0.2, 0.25) is 0 Å². The minimum atomic E-state index is 0.484. The van der Waals surface area contributed by atoms with Crippen molar-refractivity contribution in [1.29, 1.82) is 0 Å². The molecule has 1 aliphatic rings. The van der Waals surface area contributed by atoms with Crippen LogP contribution in [0.4, 0.5) is 0 Å². The van der Waals surface area contributed by atoms with Crippen LogP contribution in [0.15, 0.2) is 24.3 Å². The summed E-state index contributed by atoms with van der Waals surface area (Å²) >= 11 is 0. The van der Waals surface area contributed by atoms with E-state index >= 15 is 0 Å². The fraction of sp³-hybridized carbons (Fsp3) is 0.647. The predicted molar refractivity (Wildman–Crippen MR) is 82.5 cm³/mol. The summed E-state index contributed by atoms with van der Waals surface area (Å²) in [5.41, 5.74) is 2.75. The molecule has 0 aromatic heterocycles. The SMILES string of the molecule is Cc1ccc(C(C)N(C)C(C)CN2CCCC2)cc1. The van der Waals surface area contributed by atoms with Gasteiger partial charge in [-0.15, -0.1) is 0 Å². The van der Waals surface area contributed by atoms with Crippen molar-refractivity contribution in [2.75, 3.05) is 26.7 Å². The molecule has 1 heterocycles. The second-order valence-corrected chi connectivity index (χ2v) is 6.11. The second-order valence-electron chi connectivity index (χ2n) is 6.11. The molecule has 1 aliphatic heterocycles. The van der Waals surface area contributed by atoms with Crippen molar-refractivity contribution in [2.24, 2.45) is 0 Å². The number of likely N-dealkylation sites (tertiary alicyclic amines) is 1. The lowest BCUT2D eigenvalue weighted by Gasteiger charge is -2.33. The van der Waals surface area contributed by atoms with Crippen LogP contribution in [-0.4, -0.2) is 42.5 Å². The molecular formula is C17H28N2. The maximum atomic E-state index is 2.60. The topological polar surface area (TPSA) is 6.48 Å². The van der Waals surface area contributed by atoms with Crippen LogP contribution in [-0.2, 0) is 0 Å². The Labute approximate surface area is 118 Å². The highest BCUT2D eigenvalue weighted by molar-refractivity contribution is 5.23. The first kappa shape index (κ1) is 14.5. The molecule has 1 saturated heterocycles. The highest BCUT2D eigenvalue weighted by Crippen LogP contribution is 2.22. The first-order valence-electron chi connectivity index (χ1n) is 7.59. The van der Waals surface area contributed by atoms with Gasteiger partial charge in [-0.25, -0.2) is 0 Å². The van der Waals surface area contributed by atoms with E-state index < -0.39 is 0 Å². The van der Waals surface area contributed by atoms with Gasteiger partial charge in [0, 0.05) is 18.6 Å². The number of hydrogen-bond acceptors (Lipinski definition) is 2. The van der Waals surface area contributed by atoms with Crippen molar-refractivity contribution in [3.63, 3.8) is 0 Å². The molecule has 0 N–H and O–H groups in total. The first-order chi connectivity index (χ1) is 9.08. The van der Waals surface area contributed by atoms with Gasteiger partial charge < -0.3 is 4.90 Å². The molecule has 2 rings (SSSR count). The highest BCUT2D eigenvalue weighted by Gasteiger charge is 2.21. The lowest BCUT2D eigenvalue weighted by molar-refractivity contribution is 0.153. The smallest absolute Gasteiger partial charge is 0.0320 e. The fourth-order valence-electron chi connectivity index (χ4n) is 2.93. The Balaban J connectivity index is 1.93. The summed E-state index contributed by atoms with van der Waals surface area (Å²) < 4.78 is 0. The number of rotatable bonds is 5. The summed E-state index contributed by atoms with van der Waals surface area (Å²) in [6, 6.07) is 10.0. The Hall–Kier alpha value is -0.860. The van der Waals surface area contributed by atoms with Crippen LogP contribution < -0.4 is 0 Å². The zero-order valence-corrected chi connectivity index (χ0v) is 12.9. The van der Waals surface area contributed by atoms with Gasteiger partial charge >= 0.3 is 0 Å². The number of hydrogen-bond donors (Lipinski definition) is 0. The summed E-state index contributed by atoms with van der Waals surface area (Å²) in [6.07, 6.45) is 2.76. The Morgan fingerprint density at radius 2 is 1.68 bits per heavy atom. The van der Waals surface area contributed by atoms with E-state index in [1.807, 2.05) is 0 Å². The summed E-state index contributed by atoms with van der Waals surface area (Å²) in [4.78, 5) is 5.10. The van der Waals surface area contributed by atoms with E-state index in [0.29, 0.717) is 12.1 Å². The number of benzene rings is 1. The lowest BCUT2D eigenvalue weighted by atomic mass is 10.0. The zero-order chi connectivity index (χ0) is 13.8. The van der Waals surface area contributed by atoms with Gasteiger partial charge in [-0.2, -0.15) is 0 Å². The van der Waals surface area contributed by atoms with Gasteiger partial charge in [0.25, 0.3) is 0 Å². The minimum Gasteiger partial charge on any atom is -0.302 e. The molecule has 2 heteroatoms. The molecular weight excluding hydrogens is 232 g/mol. The third kappa shape index (κ3) is 3.80. The van der Waals surface area contributed by atoms with Crippen LogP contribution in [0.2, 0.25) is 0 Å². The van der Waals surface area contributed by atoms with E-state index in [1.165, 1.54) is 43.6 Å². The lowest BCUT2D eigenvalue weighted by Crippen LogP contribution is -2.40. The summed E-state index contributed by atoms with van der Waals surface area (Å²) in [6.45, 7) is 10.6. The van der Waals surface area contributed by atoms with E-state index in [1.54, 1.807) is 0 Å². The molecule has 106 valence electrons. The number of nitrogens with zero attached hydrogens (tertiary/aromatic N) is 2. The summed E-state index contributed by atoms with van der Waals surface area (Å²) in [7, 11) is 2.26. The van der Waals surface area contributed by atoms with Crippen LogP contribution in [0, 0.1) is 6.92 Å². The predicted octanol–water partition coefficient (Wildman–Crippen LogP) is 3.47. The van der Waals surface area contributed by atoms with E-state index in [-0.39, 0.29) is 0 Å². The van der Waals surface area contributed by atoms with E-state index in [2.05, 4.69) is 61.9 Å². The summed E-state index contributed by atoms with van der Waals surface area (Å²) in [5.74, 6) is 0. The van der Waals surface area contributed by atoms with Gasteiger partial charge in [0.15, 0.2) is 0 Å². The van der Waals surface area contributed by atoms with E-state index in [0.717, 1.165) is 0 Å². The third-order valence-corrected chi connectivity index (χ3v) is 4.59. The average molecular weight is 260 g/mol. The van der Waals surface area contributed by atoms with Gasteiger partial charge in [-0.05, 0) is 59.3 Å². The molecule has 0 saturated carbocycles. The normalized spacial score (nSPS) is 19.8. The Bertz CT molecular complexity index is 379.